The second-order valence-electron chi connectivity index (χ2n) is 5.58. The van der Waals surface area contributed by atoms with Gasteiger partial charge in [-0.2, -0.15) is 0 Å². The number of hydrogen-bond acceptors (Lipinski definition) is 2. The van der Waals surface area contributed by atoms with Crippen molar-refractivity contribution in [1.82, 2.24) is 0 Å². The lowest BCUT2D eigenvalue weighted by atomic mass is 9.91. The van der Waals surface area contributed by atoms with Crippen molar-refractivity contribution in [3.8, 4) is 5.75 Å². The summed E-state index contributed by atoms with van der Waals surface area (Å²) in [7, 11) is 1.70. The molecule has 2 aliphatic carbocycles. The molecule has 0 radical (unpaired) electrons. The lowest BCUT2D eigenvalue weighted by Gasteiger charge is -2.16. The van der Waals surface area contributed by atoms with Gasteiger partial charge in [0.05, 0.1) is 13.5 Å². The third-order valence-corrected chi connectivity index (χ3v) is 4.21. The topological polar surface area (TPSA) is 46.5 Å². The van der Waals surface area contributed by atoms with E-state index in [0.717, 1.165) is 24.2 Å². The van der Waals surface area contributed by atoms with Crippen molar-refractivity contribution in [2.24, 2.45) is 0 Å². The molecule has 0 saturated heterocycles. The fraction of sp³-hybridized carbons (Fsp3) is 0.533. The molecule has 0 unspecified atom stereocenters. The van der Waals surface area contributed by atoms with Gasteiger partial charge in [0, 0.05) is 5.41 Å². The van der Waals surface area contributed by atoms with Crippen molar-refractivity contribution in [2.75, 3.05) is 7.11 Å². The Morgan fingerprint density at radius 1 is 1.44 bits per heavy atom. The van der Waals surface area contributed by atoms with Gasteiger partial charge in [0.1, 0.15) is 5.75 Å². The molecule has 1 aromatic carbocycles. The van der Waals surface area contributed by atoms with Gasteiger partial charge in [0.15, 0.2) is 0 Å². The van der Waals surface area contributed by atoms with E-state index in [9.17, 15) is 4.79 Å². The summed E-state index contributed by atoms with van der Waals surface area (Å²) in [5, 5.41) is 9.00. The number of rotatable bonds is 5. The fourth-order valence-electron chi connectivity index (χ4n) is 2.78. The molecule has 0 aliphatic heterocycles. The van der Waals surface area contributed by atoms with Crippen molar-refractivity contribution >= 4 is 5.97 Å². The minimum Gasteiger partial charge on any atom is -0.496 e. The number of hydrogen-bond donors (Lipinski definition) is 1. The first-order valence-corrected chi connectivity index (χ1v) is 6.55. The number of ether oxygens (including phenoxy) is 1. The lowest BCUT2D eigenvalue weighted by molar-refractivity contribution is -0.137. The van der Waals surface area contributed by atoms with E-state index in [1.54, 1.807) is 7.11 Å². The quantitative estimate of drug-likeness (QED) is 0.868. The van der Waals surface area contributed by atoms with E-state index < -0.39 is 5.97 Å². The second-order valence-corrected chi connectivity index (χ2v) is 5.58. The van der Waals surface area contributed by atoms with Gasteiger partial charge in [-0.15, -0.1) is 0 Å². The molecule has 2 aliphatic rings. The predicted octanol–water partition coefficient (Wildman–Crippen LogP) is 3.08. The summed E-state index contributed by atoms with van der Waals surface area (Å²) >= 11 is 0. The molecule has 3 nitrogen and oxygen atoms in total. The zero-order valence-electron chi connectivity index (χ0n) is 10.6. The maximum absolute atomic E-state index is 10.9. The molecule has 18 heavy (non-hydrogen) atoms. The summed E-state index contributed by atoms with van der Waals surface area (Å²) in [5.74, 6) is 0.882. The normalized spacial score (nSPS) is 20.5. The standard InChI is InChI=1S/C15H18O3/c1-18-13-8-11(4-5-12(13)10-2-3-10)15(6-7-15)9-14(16)17/h4-5,8,10H,2-3,6-7,9H2,1H3,(H,16,17). The summed E-state index contributed by atoms with van der Waals surface area (Å²) in [5.41, 5.74) is 2.29. The average molecular weight is 246 g/mol. The highest BCUT2D eigenvalue weighted by Gasteiger charge is 2.46. The first-order valence-electron chi connectivity index (χ1n) is 6.55. The first kappa shape index (κ1) is 11.6. The van der Waals surface area contributed by atoms with Gasteiger partial charge >= 0.3 is 5.97 Å². The molecule has 2 fully saturated rings. The molecule has 0 aromatic heterocycles. The Bertz CT molecular complexity index is 485. The molecule has 0 spiro atoms. The lowest BCUT2D eigenvalue weighted by Crippen LogP contribution is -2.13. The third-order valence-electron chi connectivity index (χ3n) is 4.21. The van der Waals surface area contributed by atoms with Gasteiger partial charge in [-0.3, -0.25) is 4.79 Å². The Morgan fingerprint density at radius 3 is 2.67 bits per heavy atom. The Kier molecular flexibility index (Phi) is 2.58. The summed E-state index contributed by atoms with van der Waals surface area (Å²) in [6.07, 6.45) is 4.68. The van der Waals surface area contributed by atoms with Crippen LogP contribution in [0.2, 0.25) is 0 Å². The van der Waals surface area contributed by atoms with Crippen molar-refractivity contribution in [2.45, 2.75) is 43.4 Å². The number of carboxylic acids is 1. The van der Waals surface area contributed by atoms with E-state index in [-0.39, 0.29) is 11.8 Å². The number of carboxylic acid groups (broad SMARTS) is 1. The van der Waals surface area contributed by atoms with E-state index >= 15 is 0 Å². The maximum atomic E-state index is 10.9. The monoisotopic (exact) mass is 246 g/mol. The number of carbonyl (C=O) groups is 1. The maximum Gasteiger partial charge on any atom is 0.304 e. The van der Waals surface area contributed by atoms with Gasteiger partial charge in [0.2, 0.25) is 0 Å². The van der Waals surface area contributed by atoms with E-state index in [0.29, 0.717) is 5.92 Å². The van der Waals surface area contributed by atoms with Gasteiger partial charge in [-0.1, -0.05) is 12.1 Å². The van der Waals surface area contributed by atoms with Crippen LogP contribution in [-0.4, -0.2) is 18.2 Å². The minimum absolute atomic E-state index is 0.124. The van der Waals surface area contributed by atoms with E-state index in [2.05, 4.69) is 18.2 Å². The molecule has 3 heteroatoms. The van der Waals surface area contributed by atoms with Gasteiger partial charge in [-0.05, 0) is 48.8 Å². The van der Waals surface area contributed by atoms with Gasteiger partial charge < -0.3 is 9.84 Å². The zero-order chi connectivity index (χ0) is 12.8. The van der Waals surface area contributed by atoms with Crippen LogP contribution < -0.4 is 4.74 Å². The first-order chi connectivity index (χ1) is 8.64. The van der Waals surface area contributed by atoms with E-state index in [1.807, 2.05) is 0 Å². The van der Waals surface area contributed by atoms with Gasteiger partial charge in [0.25, 0.3) is 0 Å². The fourth-order valence-corrected chi connectivity index (χ4v) is 2.78. The van der Waals surface area contributed by atoms with Gasteiger partial charge in [-0.25, -0.2) is 0 Å². The highest BCUT2D eigenvalue weighted by molar-refractivity contribution is 5.70. The van der Waals surface area contributed by atoms with Crippen LogP contribution in [0.5, 0.6) is 5.75 Å². The minimum atomic E-state index is -0.710. The summed E-state index contributed by atoms with van der Waals surface area (Å²) in [6.45, 7) is 0. The van der Waals surface area contributed by atoms with Crippen LogP contribution in [0, 0.1) is 0 Å². The Labute approximate surface area is 107 Å². The van der Waals surface area contributed by atoms with Crippen LogP contribution >= 0.6 is 0 Å². The Balaban J connectivity index is 1.91. The SMILES string of the molecule is COc1cc(C2(CC(=O)O)CC2)ccc1C1CC1. The van der Waals surface area contributed by atoms with Crippen molar-refractivity contribution < 1.29 is 14.6 Å². The second kappa shape index (κ2) is 4.01. The Hall–Kier alpha value is -1.51. The average Bonchev–Trinajstić information content (AvgIpc) is 3.22. The number of benzene rings is 1. The van der Waals surface area contributed by atoms with Crippen LogP contribution in [0.1, 0.15) is 49.1 Å². The van der Waals surface area contributed by atoms with Crippen molar-refractivity contribution in [1.29, 1.82) is 0 Å². The number of aliphatic carboxylic acids is 1. The highest BCUT2D eigenvalue weighted by Crippen LogP contribution is 2.53. The summed E-state index contributed by atoms with van der Waals surface area (Å²) in [6, 6.07) is 6.30. The molecule has 0 amide bonds. The van der Waals surface area contributed by atoms with E-state index in [4.69, 9.17) is 9.84 Å². The highest BCUT2D eigenvalue weighted by atomic mass is 16.5. The molecule has 1 aromatic rings. The predicted molar refractivity (Wildman–Crippen MR) is 68.1 cm³/mol. The van der Waals surface area contributed by atoms with Crippen LogP contribution in [-0.2, 0) is 10.2 Å². The summed E-state index contributed by atoms with van der Waals surface area (Å²) < 4.78 is 5.47. The van der Waals surface area contributed by atoms with E-state index in [1.165, 1.54) is 18.4 Å². The molecular weight excluding hydrogens is 228 g/mol. The largest absolute Gasteiger partial charge is 0.496 e. The zero-order valence-corrected chi connectivity index (χ0v) is 10.6. The van der Waals surface area contributed by atoms with Crippen LogP contribution in [0.25, 0.3) is 0 Å². The van der Waals surface area contributed by atoms with Crippen molar-refractivity contribution in [3.63, 3.8) is 0 Å². The molecule has 0 heterocycles. The van der Waals surface area contributed by atoms with Crippen LogP contribution in [0.15, 0.2) is 18.2 Å². The van der Waals surface area contributed by atoms with Crippen LogP contribution in [0.4, 0.5) is 0 Å². The molecule has 3 rings (SSSR count). The number of methoxy groups -OCH3 is 1. The van der Waals surface area contributed by atoms with Crippen LogP contribution in [0.3, 0.4) is 0 Å². The molecular formula is C15H18O3. The smallest absolute Gasteiger partial charge is 0.304 e. The molecule has 0 bridgehead atoms. The molecule has 1 N–H and O–H groups in total. The summed E-state index contributed by atoms with van der Waals surface area (Å²) in [4.78, 5) is 10.9. The third kappa shape index (κ3) is 1.98. The Morgan fingerprint density at radius 2 is 2.17 bits per heavy atom. The molecule has 96 valence electrons. The molecule has 0 atom stereocenters. The molecule has 2 saturated carbocycles. The van der Waals surface area contributed by atoms with Crippen molar-refractivity contribution in [3.05, 3.63) is 29.3 Å².